The average molecular weight is 290 g/mol. The fraction of sp³-hybridized carbons (Fsp3) is 0.375. The van der Waals surface area contributed by atoms with E-state index in [1.165, 1.54) is 7.11 Å². The number of carbonyl (C=O) groups is 2. The molecule has 0 spiro atoms. The minimum Gasteiger partial charge on any atom is -0.511 e. The van der Waals surface area contributed by atoms with Gasteiger partial charge in [-0.1, -0.05) is 18.2 Å². The largest absolute Gasteiger partial charge is 0.511 e. The zero-order valence-electron chi connectivity index (χ0n) is 12.1. The number of hydrogen-bond donors (Lipinski definition) is 1. The van der Waals surface area contributed by atoms with Gasteiger partial charge in [0.15, 0.2) is 0 Å². The van der Waals surface area contributed by atoms with Crippen molar-refractivity contribution in [2.24, 2.45) is 0 Å². The van der Waals surface area contributed by atoms with Gasteiger partial charge in [0, 0.05) is 17.9 Å². The van der Waals surface area contributed by atoms with Crippen molar-refractivity contribution < 1.29 is 24.2 Å². The Balaban J connectivity index is 2.50. The molecule has 1 aliphatic rings. The second-order valence-corrected chi connectivity index (χ2v) is 4.79. The van der Waals surface area contributed by atoms with E-state index in [2.05, 4.69) is 0 Å². The third kappa shape index (κ3) is 3.07. The van der Waals surface area contributed by atoms with Gasteiger partial charge >= 0.3 is 5.97 Å². The van der Waals surface area contributed by atoms with Gasteiger partial charge in [-0.25, -0.2) is 4.79 Å². The topological polar surface area (TPSA) is 72.8 Å². The number of aliphatic hydroxyl groups is 1. The predicted octanol–water partition coefficient (Wildman–Crippen LogP) is 2.52. The molecule has 0 saturated carbocycles. The highest BCUT2D eigenvalue weighted by Crippen LogP contribution is 2.39. The van der Waals surface area contributed by atoms with Crippen LogP contribution in [-0.2, 0) is 14.3 Å². The fourth-order valence-electron chi connectivity index (χ4n) is 2.57. The summed E-state index contributed by atoms with van der Waals surface area (Å²) >= 11 is 0. The van der Waals surface area contributed by atoms with Crippen LogP contribution in [0.4, 0.5) is 0 Å². The number of aliphatic hydroxyl groups excluding tert-OH is 1. The van der Waals surface area contributed by atoms with Gasteiger partial charge in [0.25, 0.3) is 0 Å². The molecule has 5 nitrogen and oxygen atoms in total. The Bertz CT molecular complexity index is 588. The Kier molecular flexibility index (Phi) is 4.62. The molecule has 21 heavy (non-hydrogen) atoms. The number of esters is 1. The summed E-state index contributed by atoms with van der Waals surface area (Å²) in [6, 6.07) is 7.15. The van der Waals surface area contributed by atoms with Crippen molar-refractivity contribution in [1.82, 2.24) is 0 Å². The highest BCUT2D eigenvalue weighted by atomic mass is 16.5. The zero-order chi connectivity index (χ0) is 15.4. The molecule has 112 valence electrons. The van der Waals surface area contributed by atoms with Gasteiger partial charge in [-0.05, 0) is 13.0 Å². The van der Waals surface area contributed by atoms with Crippen molar-refractivity contribution in [3.05, 3.63) is 41.2 Å². The lowest BCUT2D eigenvalue weighted by Gasteiger charge is -2.25. The number of benzene rings is 1. The molecule has 1 aromatic carbocycles. The molecule has 1 aromatic rings. The van der Waals surface area contributed by atoms with E-state index in [4.69, 9.17) is 9.47 Å². The van der Waals surface area contributed by atoms with E-state index >= 15 is 0 Å². The summed E-state index contributed by atoms with van der Waals surface area (Å²) in [4.78, 5) is 23.9. The SMILES string of the molecule is CCOC(=O)C1=C(O)CC(=O)CC1c1ccccc1OC. The maximum absolute atomic E-state index is 12.1. The lowest BCUT2D eigenvalue weighted by atomic mass is 9.80. The van der Waals surface area contributed by atoms with Gasteiger partial charge in [-0.2, -0.15) is 0 Å². The molecular weight excluding hydrogens is 272 g/mol. The fourth-order valence-corrected chi connectivity index (χ4v) is 2.57. The average Bonchev–Trinajstić information content (AvgIpc) is 2.46. The van der Waals surface area contributed by atoms with Crippen LogP contribution in [0.2, 0.25) is 0 Å². The quantitative estimate of drug-likeness (QED) is 0.863. The summed E-state index contributed by atoms with van der Waals surface area (Å²) in [6.45, 7) is 1.91. The number of Topliss-reactive ketones (excluding diaryl/α,β-unsaturated/α-hetero) is 1. The molecule has 0 fully saturated rings. The number of para-hydroxylation sites is 1. The molecule has 0 saturated heterocycles. The van der Waals surface area contributed by atoms with E-state index in [-0.39, 0.29) is 36.6 Å². The van der Waals surface area contributed by atoms with Gasteiger partial charge in [-0.15, -0.1) is 0 Å². The van der Waals surface area contributed by atoms with Crippen molar-refractivity contribution >= 4 is 11.8 Å². The van der Waals surface area contributed by atoms with Gasteiger partial charge in [-0.3, -0.25) is 4.79 Å². The van der Waals surface area contributed by atoms with Gasteiger partial charge in [0.1, 0.15) is 17.3 Å². The van der Waals surface area contributed by atoms with Gasteiger partial charge in [0.05, 0.1) is 25.7 Å². The van der Waals surface area contributed by atoms with Crippen molar-refractivity contribution in [2.45, 2.75) is 25.7 Å². The lowest BCUT2D eigenvalue weighted by Crippen LogP contribution is -2.25. The van der Waals surface area contributed by atoms with Crippen LogP contribution in [0.1, 0.15) is 31.2 Å². The van der Waals surface area contributed by atoms with Gasteiger partial charge in [0.2, 0.25) is 0 Å². The molecule has 0 amide bonds. The van der Waals surface area contributed by atoms with Crippen LogP contribution in [0.5, 0.6) is 5.75 Å². The minimum absolute atomic E-state index is 0.114. The molecule has 2 rings (SSSR count). The van der Waals surface area contributed by atoms with Gasteiger partial charge < -0.3 is 14.6 Å². The second kappa shape index (κ2) is 6.43. The normalized spacial score (nSPS) is 18.6. The molecule has 0 aliphatic heterocycles. The van der Waals surface area contributed by atoms with Crippen LogP contribution in [0.25, 0.3) is 0 Å². The minimum atomic E-state index is -0.585. The van der Waals surface area contributed by atoms with E-state index in [0.29, 0.717) is 11.3 Å². The van der Waals surface area contributed by atoms with Crippen molar-refractivity contribution in [3.63, 3.8) is 0 Å². The first-order chi connectivity index (χ1) is 10.1. The number of carbonyl (C=O) groups excluding carboxylic acids is 2. The third-order valence-corrected chi connectivity index (χ3v) is 3.47. The molecule has 1 aliphatic carbocycles. The monoisotopic (exact) mass is 290 g/mol. The number of rotatable bonds is 4. The van der Waals surface area contributed by atoms with E-state index < -0.39 is 11.9 Å². The molecule has 0 bridgehead atoms. The first-order valence-corrected chi connectivity index (χ1v) is 6.82. The molecule has 1 unspecified atom stereocenters. The van der Waals surface area contributed by atoms with Crippen LogP contribution < -0.4 is 4.74 Å². The first kappa shape index (κ1) is 15.1. The standard InChI is InChI=1S/C16H18O5/c1-3-21-16(19)15-12(8-10(17)9-13(15)18)11-6-4-5-7-14(11)20-2/h4-7,12,18H,3,8-9H2,1-2H3. The second-order valence-electron chi connectivity index (χ2n) is 4.79. The van der Waals surface area contributed by atoms with E-state index in [0.717, 1.165) is 0 Å². The zero-order valence-corrected chi connectivity index (χ0v) is 12.1. The summed E-state index contributed by atoms with van der Waals surface area (Å²) in [6.07, 6.45) is 0.0262. The van der Waals surface area contributed by atoms with Crippen LogP contribution in [0.3, 0.4) is 0 Å². The Hall–Kier alpha value is -2.30. The van der Waals surface area contributed by atoms with Crippen LogP contribution in [0.15, 0.2) is 35.6 Å². The molecule has 1 atom stereocenters. The number of allylic oxidation sites excluding steroid dienone is 1. The Morgan fingerprint density at radius 2 is 2.10 bits per heavy atom. The summed E-state index contributed by atoms with van der Waals surface area (Å²) in [7, 11) is 1.52. The highest BCUT2D eigenvalue weighted by Gasteiger charge is 2.35. The Labute approximate surface area is 123 Å². The van der Waals surface area contributed by atoms with Crippen molar-refractivity contribution in [3.8, 4) is 5.75 Å². The van der Waals surface area contributed by atoms with Crippen LogP contribution in [-0.4, -0.2) is 30.6 Å². The smallest absolute Gasteiger partial charge is 0.338 e. The van der Waals surface area contributed by atoms with Crippen molar-refractivity contribution in [2.75, 3.05) is 13.7 Å². The van der Waals surface area contributed by atoms with E-state index in [1.54, 1.807) is 31.2 Å². The predicted molar refractivity (Wildman–Crippen MR) is 76.3 cm³/mol. The highest BCUT2D eigenvalue weighted by molar-refractivity contribution is 5.96. The molecule has 0 aromatic heterocycles. The number of methoxy groups -OCH3 is 1. The summed E-state index contributed by atoms with van der Waals surface area (Å²) in [5, 5.41) is 10.0. The van der Waals surface area contributed by atoms with E-state index in [1.807, 2.05) is 0 Å². The third-order valence-electron chi connectivity index (χ3n) is 3.47. The Morgan fingerprint density at radius 1 is 1.38 bits per heavy atom. The first-order valence-electron chi connectivity index (χ1n) is 6.82. The van der Waals surface area contributed by atoms with Crippen molar-refractivity contribution in [1.29, 1.82) is 0 Å². The van der Waals surface area contributed by atoms with Crippen LogP contribution >= 0.6 is 0 Å². The maximum Gasteiger partial charge on any atom is 0.338 e. The maximum atomic E-state index is 12.1. The van der Waals surface area contributed by atoms with E-state index in [9.17, 15) is 14.7 Å². The number of hydrogen-bond acceptors (Lipinski definition) is 5. The van der Waals surface area contributed by atoms with Crippen LogP contribution in [0, 0.1) is 0 Å². The number of ether oxygens (including phenoxy) is 2. The Morgan fingerprint density at radius 3 is 2.76 bits per heavy atom. The summed E-state index contributed by atoms with van der Waals surface area (Å²) in [5.41, 5.74) is 0.851. The molecule has 1 N–H and O–H groups in total. The summed E-state index contributed by atoms with van der Waals surface area (Å²) < 4.78 is 10.3. The lowest BCUT2D eigenvalue weighted by molar-refractivity contribution is -0.139. The summed E-state index contributed by atoms with van der Waals surface area (Å²) in [5.74, 6) is -0.872. The molecular formula is C16H18O5. The molecule has 5 heteroatoms. The molecule has 0 radical (unpaired) electrons. The molecule has 0 heterocycles. The number of ketones is 1.